The second kappa shape index (κ2) is 9.22. The van der Waals surface area contributed by atoms with Crippen LogP contribution in [0.2, 0.25) is 0 Å². The second-order valence-corrected chi connectivity index (χ2v) is 11.2. The first kappa shape index (κ1) is 24.6. The lowest BCUT2D eigenvalue weighted by Gasteiger charge is -2.56. The number of carbonyl (C=O) groups is 1. The number of aliphatic hydroxyl groups is 1. The van der Waals surface area contributed by atoms with Crippen molar-refractivity contribution in [2.45, 2.75) is 56.0 Å². The van der Waals surface area contributed by atoms with Gasteiger partial charge in [-0.3, -0.25) is 9.69 Å². The molecule has 3 heterocycles. The van der Waals surface area contributed by atoms with Crippen molar-refractivity contribution in [3.05, 3.63) is 65.1 Å². The Balaban J connectivity index is 1.64. The van der Waals surface area contributed by atoms with E-state index in [1.165, 1.54) is 6.07 Å². The number of hydrogen-bond donors (Lipinski definition) is 3. The molecular weight excluding hydrogens is 469 g/mol. The van der Waals surface area contributed by atoms with E-state index in [4.69, 9.17) is 4.74 Å². The molecule has 6 nitrogen and oxygen atoms in total. The zero-order chi connectivity index (χ0) is 25.8. The number of fused-ring (bicyclic) bond motifs is 4. The van der Waals surface area contributed by atoms with Gasteiger partial charge in [0, 0.05) is 46.5 Å². The highest BCUT2D eigenvalue weighted by molar-refractivity contribution is 5.97. The first-order valence-corrected chi connectivity index (χ1v) is 13.5. The number of H-pyrrole nitrogens is 1. The Morgan fingerprint density at radius 2 is 1.97 bits per heavy atom. The fraction of sp³-hybridized carbons (Fsp3) is 0.500. The molecule has 3 N–H and O–H groups in total. The molecule has 2 aromatic carbocycles. The summed E-state index contributed by atoms with van der Waals surface area (Å²) in [6, 6.07) is 12.4. The van der Waals surface area contributed by atoms with E-state index in [2.05, 4.69) is 21.3 Å². The summed E-state index contributed by atoms with van der Waals surface area (Å²) in [5, 5.41) is 15.8. The molecule has 7 heteroatoms. The van der Waals surface area contributed by atoms with Crippen LogP contribution in [0.1, 0.15) is 61.9 Å². The highest BCUT2D eigenvalue weighted by atomic mass is 19.1. The van der Waals surface area contributed by atoms with Crippen LogP contribution in [0.5, 0.6) is 5.75 Å². The lowest BCUT2D eigenvalue weighted by molar-refractivity contribution is -0.148. The van der Waals surface area contributed by atoms with Gasteiger partial charge in [0.1, 0.15) is 17.1 Å². The van der Waals surface area contributed by atoms with Gasteiger partial charge in [-0.1, -0.05) is 24.6 Å². The van der Waals surface area contributed by atoms with Crippen LogP contribution in [-0.2, 0) is 15.7 Å². The summed E-state index contributed by atoms with van der Waals surface area (Å²) in [7, 11) is 1.65. The Bertz CT molecular complexity index is 1330. The number of halogens is 1. The summed E-state index contributed by atoms with van der Waals surface area (Å²) in [6.45, 7) is 3.93. The third-order valence-electron chi connectivity index (χ3n) is 9.41. The van der Waals surface area contributed by atoms with Gasteiger partial charge in [0.25, 0.3) is 0 Å². The molecule has 6 rings (SSSR count). The lowest BCUT2D eigenvalue weighted by Crippen LogP contribution is -2.65. The van der Waals surface area contributed by atoms with Gasteiger partial charge >= 0.3 is 0 Å². The average molecular weight is 506 g/mol. The molecule has 2 atom stereocenters. The fourth-order valence-corrected chi connectivity index (χ4v) is 7.13. The lowest BCUT2D eigenvalue weighted by atomic mass is 9.62. The number of carbonyl (C=O) groups excluding carboxylic acids is 1. The van der Waals surface area contributed by atoms with E-state index >= 15 is 4.39 Å². The molecule has 0 bridgehead atoms. The van der Waals surface area contributed by atoms with Crippen LogP contribution in [0.15, 0.2) is 42.5 Å². The number of hydrogen-bond acceptors (Lipinski definition) is 5. The van der Waals surface area contributed by atoms with Crippen molar-refractivity contribution >= 4 is 16.7 Å². The molecule has 1 aromatic heterocycles. The summed E-state index contributed by atoms with van der Waals surface area (Å²) in [6.07, 6.45) is 4.49. The number of methoxy groups -OCH3 is 1. The summed E-state index contributed by atoms with van der Waals surface area (Å²) in [5.74, 6) is 0.401. The SMILES string of the molecule is COc1ccc2c3c([nH]c2c1)[C@](CO)(C(=O)C1CCC1)N(C(C)c1ccccc1F)CC31CCNCC1. The van der Waals surface area contributed by atoms with Crippen molar-refractivity contribution in [3.8, 4) is 5.75 Å². The normalized spacial score (nSPS) is 24.5. The summed E-state index contributed by atoms with van der Waals surface area (Å²) in [5.41, 5.74) is 1.88. The van der Waals surface area contributed by atoms with E-state index in [9.17, 15) is 9.90 Å². The maximum atomic E-state index is 15.2. The monoisotopic (exact) mass is 505 g/mol. The van der Waals surface area contributed by atoms with Crippen LogP contribution in [0.25, 0.3) is 10.9 Å². The molecule has 0 radical (unpaired) electrons. The number of aromatic amines is 1. The van der Waals surface area contributed by atoms with Gasteiger partial charge in [0.2, 0.25) is 0 Å². The predicted molar refractivity (Wildman–Crippen MR) is 141 cm³/mol. The Labute approximate surface area is 217 Å². The molecule has 1 spiro atoms. The van der Waals surface area contributed by atoms with Gasteiger partial charge in [-0.2, -0.15) is 0 Å². The van der Waals surface area contributed by atoms with Crippen LogP contribution in [-0.4, -0.2) is 54.1 Å². The second-order valence-electron chi connectivity index (χ2n) is 11.2. The van der Waals surface area contributed by atoms with Gasteiger partial charge in [-0.05, 0) is 69.5 Å². The summed E-state index contributed by atoms with van der Waals surface area (Å²) in [4.78, 5) is 20.2. The molecule has 3 aliphatic rings. The van der Waals surface area contributed by atoms with Crippen LogP contribution < -0.4 is 10.1 Å². The molecular formula is C30H36FN3O3. The summed E-state index contributed by atoms with van der Waals surface area (Å²) < 4.78 is 20.7. The quantitative estimate of drug-likeness (QED) is 0.458. The number of ketones is 1. The number of aliphatic hydroxyl groups excluding tert-OH is 1. The number of aromatic nitrogens is 1. The minimum Gasteiger partial charge on any atom is -0.497 e. The minimum absolute atomic E-state index is 0.0491. The molecule has 1 aliphatic carbocycles. The molecule has 196 valence electrons. The number of benzene rings is 2. The molecule has 2 fully saturated rings. The van der Waals surface area contributed by atoms with Crippen LogP contribution in [0, 0.1) is 11.7 Å². The number of ether oxygens (including phenoxy) is 1. The zero-order valence-corrected chi connectivity index (χ0v) is 21.6. The molecule has 1 unspecified atom stereocenters. The fourth-order valence-electron chi connectivity index (χ4n) is 7.13. The Kier molecular flexibility index (Phi) is 6.13. The van der Waals surface area contributed by atoms with Crippen LogP contribution in [0.3, 0.4) is 0 Å². The molecule has 0 amide bonds. The van der Waals surface area contributed by atoms with Crippen molar-refractivity contribution in [3.63, 3.8) is 0 Å². The average Bonchev–Trinajstić information content (AvgIpc) is 3.28. The number of rotatable bonds is 6. The Morgan fingerprint density at radius 3 is 2.62 bits per heavy atom. The van der Waals surface area contributed by atoms with Crippen molar-refractivity contribution in [2.75, 3.05) is 33.4 Å². The number of Topliss-reactive ketones (excluding diaryl/α,β-unsaturated/α-hetero) is 1. The largest absolute Gasteiger partial charge is 0.497 e. The number of piperidine rings is 1. The number of nitrogens with one attached hydrogen (secondary N) is 2. The Morgan fingerprint density at radius 1 is 1.22 bits per heavy atom. The first-order chi connectivity index (χ1) is 17.9. The van der Waals surface area contributed by atoms with Gasteiger partial charge in [-0.15, -0.1) is 0 Å². The molecule has 37 heavy (non-hydrogen) atoms. The van der Waals surface area contributed by atoms with Crippen LogP contribution >= 0.6 is 0 Å². The molecule has 1 saturated carbocycles. The van der Waals surface area contributed by atoms with E-state index in [-0.39, 0.29) is 29.5 Å². The van der Waals surface area contributed by atoms with Gasteiger partial charge < -0.3 is 20.1 Å². The van der Waals surface area contributed by atoms with Crippen molar-refractivity contribution < 1.29 is 19.0 Å². The van der Waals surface area contributed by atoms with Gasteiger partial charge in [0.15, 0.2) is 5.78 Å². The molecule has 3 aromatic rings. The van der Waals surface area contributed by atoms with Crippen molar-refractivity contribution in [2.24, 2.45) is 5.92 Å². The van der Waals surface area contributed by atoms with Crippen LogP contribution in [0.4, 0.5) is 4.39 Å². The maximum absolute atomic E-state index is 15.2. The van der Waals surface area contributed by atoms with E-state index in [0.29, 0.717) is 12.1 Å². The highest BCUT2D eigenvalue weighted by Gasteiger charge is 2.59. The van der Waals surface area contributed by atoms with E-state index in [0.717, 1.165) is 73.1 Å². The maximum Gasteiger partial charge on any atom is 0.164 e. The Hall–Kier alpha value is -2.74. The van der Waals surface area contributed by atoms with Gasteiger partial charge in [-0.25, -0.2) is 4.39 Å². The van der Waals surface area contributed by atoms with E-state index in [1.807, 2.05) is 25.1 Å². The van der Waals surface area contributed by atoms with E-state index < -0.39 is 11.6 Å². The predicted octanol–water partition coefficient (Wildman–Crippen LogP) is 4.57. The number of nitrogens with zero attached hydrogens (tertiary/aromatic N) is 1. The third-order valence-corrected chi connectivity index (χ3v) is 9.41. The minimum atomic E-state index is -1.27. The first-order valence-electron chi connectivity index (χ1n) is 13.5. The van der Waals surface area contributed by atoms with Crippen molar-refractivity contribution in [1.29, 1.82) is 0 Å². The smallest absolute Gasteiger partial charge is 0.164 e. The third kappa shape index (κ3) is 3.58. The molecule has 1 saturated heterocycles. The zero-order valence-electron chi connectivity index (χ0n) is 21.6. The highest BCUT2D eigenvalue weighted by Crippen LogP contribution is 2.54. The standard InChI is InChI=1S/C30H36FN3O3/c1-19(22-8-3-4-9-24(22)31)34-17-29(12-14-32-15-13-29)26-23-11-10-21(37-2)16-25(23)33-27(26)30(34,18-35)28(36)20-6-5-7-20/h3-4,8-11,16,19-20,32-33,35H,5-7,12-15,17-18H2,1-2H3/t19?,30-/m1/s1. The van der Waals surface area contributed by atoms with E-state index in [1.54, 1.807) is 19.2 Å². The van der Waals surface area contributed by atoms with Crippen molar-refractivity contribution in [1.82, 2.24) is 15.2 Å². The molecule has 2 aliphatic heterocycles. The summed E-state index contributed by atoms with van der Waals surface area (Å²) >= 11 is 0. The topological polar surface area (TPSA) is 77.6 Å². The van der Waals surface area contributed by atoms with Gasteiger partial charge in [0.05, 0.1) is 19.4 Å².